The third-order valence-corrected chi connectivity index (χ3v) is 19.9. The topological polar surface area (TPSA) is 3.24 Å². The highest BCUT2D eigenvalue weighted by molar-refractivity contribution is 5.91. The lowest BCUT2D eigenvalue weighted by Gasteiger charge is -2.54. The summed E-state index contributed by atoms with van der Waals surface area (Å²) in [6, 6.07) is 72.6. The molecule has 10 atom stereocenters. The number of para-hydroxylation sites is 1. The van der Waals surface area contributed by atoms with E-state index < -0.39 is 0 Å². The van der Waals surface area contributed by atoms with E-state index in [1.165, 1.54) is 107 Å². The highest BCUT2D eigenvalue weighted by Gasteiger charge is 2.60. The molecule has 0 aliphatic heterocycles. The highest BCUT2D eigenvalue weighted by Crippen LogP contribution is 2.68. The van der Waals surface area contributed by atoms with Crippen LogP contribution in [0.5, 0.6) is 0 Å². The van der Waals surface area contributed by atoms with Crippen LogP contribution in [-0.4, -0.2) is 0 Å². The molecule has 1 nitrogen and oxygen atoms in total. The predicted octanol–water partition coefficient (Wildman–Crippen LogP) is 18.9. The van der Waals surface area contributed by atoms with E-state index in [0.717, 1.165) is 40.7 Å². The molecule has 4 fully saturated rings. The average molecular weight is 922 g/mol. The quantitative estimate of drug-likeness (QED) is 0.161. The van der Waals surface area contributed by atoms with Crippen molar-refractivity contribution < 1.29 is 0 Å². The number of anilines is 3. The normalized spacial score (nSPS) is 28.5. The van der Waals surface area contributed by atoms with E-state index in [1.807, 2.05) is 0 Å². The van der Waals surface area contributed by atoms with Crippen LogP contribution < -0.4 is 4.90 Å². The smallest absolute Gasteiger partial charge is 0.0467 e. The van der Waals surface area contributed by atoms with Gasteiger partial charge in [0.05, 0.1) is 0 Å². The van der Waals surface area contributed by atoms with Crippen molar-refractivity contribution in [3.05, 3.63) is 210 Å². The van der Waals surface area contributed by atoms with Crippen LogP contribution in [-0.2, 0) is 10.8 Å². The van der Waals surface area contributed by atoms with E-state index in [9.17, 15) is 0 Å². The van der Waals surface area contributed by atoms with Gasteiger partial charge in [0.25, 0.3) is 0 Å². The molecule has 8 aromatic carbocycles. The maximum absolute atomic E-state index is 2.61. The van der Waals surface area contributed by atoms with Crippen LogP contribution in [0.4, 0.5) is 17.1 Å². The molecule has 0 aromatic heterocycles. The van der Waals surface area contributed by atoms with Crippen LogP contribution in [0.2, 0.25) is 0 Å². The summed E-state index contributed by atoms with van der Waals surface area (Å²) in [5.41, 5.74) is 23.6. The minimum Gasteiger partial charge on any atom is -0.310 e. The van der Waals surface area contributed by atoms with Gasteiger partial charge in [0.2, 0.25) is 0 Å². The minimum absolute atomic E-state index is 0.0456. The Hall–Kier alpha value is -6.44. The lowest BCUT2D eigenvalue weighted by molar-refractivity contribution is 0.0426. The van der Waals surface area contributed by atoms with Crippen LogP contribution in [0.1, 0.15) is 101 Å². The van der Waals surface area contributed by atoms with Crippen molar-refractivity contribution in [1.29, 1.82) is 0 Å². The van der Waals surface area contributed by atoms with Crippen molar-refractivity contribution in [2.45, 2.75) is 89.9 Å². The molecule has 0 N–H and O–H groups in total. The molecule has 8 aromatic rings. The fourth-order valence-corrected chi connectivity index (χ4v) is 17.2. The summed E-state index contributed by atoms with van der Waals surface area (Å²) < 4.78 is 0. The molecule has 0 amide bonds. The number of hydrogen-bond acceptors (Lipinski definition) is 1. The third kappa shape index (κ3) is 6.43. The molecule has 0 heterocycles. The Kier molecular flexibility index (Phi) is 10.1. The summed E-state index contributed by atoms with van der Waals surface area (Å²) in [5, 5.41) is 0. The molecular formula is C70H67N. The molecule has 14 rings (SSSR count). The summed E-state index contributed by atoms with van der Waals surface area (Å²) in [6.07, 6.45) is 10.8. The molecule has 0 saturated heterocycles. The van der Waals surface area contributed by atoms with E-state index in [0.29, 0.717) is 23.7 Å². The Bertz CT molecular complexity index is 3340. The zero-order valence-corrected chi connectivity index (χ0v) is 42.1. The Morgan fingerprint density at radius 3 is 1.76 bits per heavy atom. The Balaban J connectivity index is 0.824. The maximum atomic E-state index is 2.61. The van der Waals surface area contributed by atoms with Crippen molar-refractivity contribution in [2.24, 2.45) is 47.3 Å². The van der Waals surface area contributed by atoms with Crippen molar-refractivity contribution in [1.82, 2.24) is 0 Å². The first-order chi connectivity index (χ1) is 34.8. The lowest BCUT2D eigenvalue weighted by Crippen LogP contribution is -2.49. The third-order valence-electron chi connectivity index (χ3n) is 19.9. The largest absolute Gasteiger partial charge is 0.310 e. The summed E-state index contributed by atoms with van der Waals surface area (Å²) in [5.74, 6) is 5.78. The first kappa shape index (κ1) is 43.4. The van der Waals surface area contributed by atoms with Crippen LogP contribution in [0, 0.1) is 47.3 Å². The van der Waals surface area contributed by atoms with Gasteiger partial charge in [0, 0.05) is 27.9 Å². The molecular weight excluding hydrogens is 855 g/mol. The monoisotopic (exact) mass is 922 g/mol. The Morgan fingerprint density at radius 1 is 0.366 bits per heavy atom. The van der Waals surface area contributed by atoms with E-state index in [1.54, 1.807) is 22.3 Å². The van der Waals surface area contributed by atoms with Gasteiger partial charge < -0.3 is 4.90 Å². The lowest BCUT2D eigenvalue weighted by atomic mass is 9.49. The number of rotatable bonds is 6. The SMILES string of the molecule is CC1CC2CC(C)C3(c4ccccc4-c4ccc(-c5ccc(N(c6ccccc6)c6cccc(-c7cccc(-c8cccc9c8C8(c%10ccccc%10-9)C9CC(C)CCC(C9)C8C)c7)c6)cc5)cc43)C(C1)C2. The number of benzene rings is 8. The van der Waals surface area contributed by atoms with Gasteiger partial charge in [-0.25, -0.2) is 0 Å². The van der Waals surface area contributed by atoms with Crippen molar-refractivity contribution in [3.8, 4) is 55.6 Å². The molecule has 352 valence electrons. The summed E-state index contributed by atoms with van der Waals surface area (Å²) >= 11 is 0. The summed E-state index contributed by atoms with van der Waals surface area (Å²) in [7, 11) is 0. The molecule has 6 aliphatic carbocycles. The van der Waals surface area contributed by atoms with Gasteiger partial charge in [-0.05, 0) is 219 Å². The standard InChI is InChI=1S/C70H67N/c1-44-27-28-50-41-56(36-44)70(47(50)4)66-26-11-9-22-62(66)64-24-14-23-60(68(64)70)54-17-12-15-51(40-54)52-16-13-20-59(42-52)71(57-18-6-5-7-19-57)58-32-29-49(30-33-58)53-31-34-63-61-21-8-10-25-65(61)69(67(63)43-53)46(3)38-48-35-45(2)37-55(69)39-48/h5-26,29-34,40,42-48,50,55-56H,27-28,35-39,41H2,1-4H3. The number of hydrogen-bond donors (Lipinski definition) is 0. The first-order valence-electron chi connectivity index (χ1n) is 27.4. The molecule has 10 unspecified atom stereocenters. The molecule has 71 heavy (non-hydrogen) atoms. The maximum Gasteiger partial charge on any atom is 0.0467 e. The van der Waals surface area contributed by atoms with Crippen LogP contribution in [0.15, 0.2) is 188 Å². The zero-order valence-electron chi connectivity index (χ0n) is 42.1. The van der Waals surface area contributed by atoms with Crippen LogP contribution in [0.25, 0.3) is 55.6 Å². The fourth-order valence-electron chi connectivity index (χ4n) is 17.2. The molecule has 4 bridgehead atoms. The Morgan fingerprint density at radius 2 is 0.944 bits per heavy atom. The average Bonchev–Trinajstić information content (AvgIpc) is 3.92. The molecule has 6 aliphatic rings. The van der Waals surface area contributed by atoms with Crippen molar-refractivity contribution in [3.63, 3.8) is 0 Å². The van der Waals surface area contributed by atoms with Gasteiger partial charge >= 0.3 is 0 Å². The molecule has 4 saturated carbocycles. The van der Waals surface area contributed by atoms with E-state index in [4.69, 9.17) is 0 Å². The van der Waals surface area contributed by atoms with Crippen LogP contribution >= 0.6 is 0 Å². The highest BCUT2D eigenvalue weighted by atomic mass is 15.1. The summed E-state index contributed by atoms with van der Waals surface area (Å²) in [4.78, 5) is 2.43. The van der Waals surface area contributed by atoms with E-state index >= 15 is 0 Å². The van der Waals surface area contributed by atoms with Crippen molar-refractivity contribution >= 4 is 17.1 Å². The second-order valence-corrected chi connectivity index (χ2v) is 23.6. The second kappa shape index (κ2) is 16.6. The summed E-state index contributed by atoms with van der Waals surface area (Å²) in [6.45, 7) is 10.2. The van der Waals surface area contributed by atoms with E-state index in [-0.39, 0.29) is 10.8 Å². The van der Waals surface area contributed by atoms with Gasteiger partial charge in [-0.3, -0.25) is 0 Å². The molecule has 2 spiro atoms. The first-order valence-corrected chi connectivity index (χ1v) is 27.4. The molecule has 1 heteroatoms. The molecule has 0 radical (unpaired) electrons. The van der Waals surface area contributed by atoms with Gasteiger partial charge in [0.15, 0.2) is 0 Å². The predicted molar refractivity (Wildman–Crippen MR) is 297 cm³/mol. The van der Waals surface area contributed by atoms with Crippen LogP contribution in [0.3, 0.4) is 0 Å². The van der Waals surface area contributed by atoms with Gasteiger partial charge in [-0.1, -0.05) is 174 Å². The fraction of sp³-hybridized carbons (Fsp3) is 0.314. The van der Waals surface area contributed by atoms with E-state index in [2.05, 4.69) is 221 Å². The number of nitrogens with zero attached hydrogens (tertiary/aromatic N) is 1. The number of fused-ring (bicyclic) bond motifs is 16. The Labute approximate surface area is 423 Å². The van der Waals surface area contributed by atoms with Gasteiger partial charge in [-0.2, -0.15) is 0 Å². The van der Waals surface area contributed by atoms with Gasteiger partial charge in [-0.15, -0.1) is 0 Å². The van der Waals surface area contributed by atoms with Gasteiger partial charge in [0.1, 0.15) is 0 Å². The zero-order chi connectivity index (χ0) is 47.6. The van der Waals surface area contributed by atoms with Crippen molar-refractivity contribution in [2.75, 3.05) is 4.90 Å². The minimum atomic E-state index is 0.0456. The second-order valence-electron chi connectivity index (χ2n) is 23.6.